The summed E-state index contributed by atoms with van der Waals surface area (Å²) < 4.78 is 2.33. The molecule has 168 valence electrons. The quantitative estimate of drug-likeness (QED) is 0.458. The van der Waals surface area contributed by atoms with Gasteiger partial charge < -0.3 is 9.88 Å². The lowest BCUT2D eigenvalue weighted by atomic mass is 9.90. The van der Waals surface area contributed by atoms with E-state index in [2.05, 4.69) is 60.4 Å². The molecule has 3 rings (SSSR count). The predicted octanol–water partition coefficient (Wildman–Crippen LogP) is 6.29. The molecule has 0 bridgehead atoms. The van der Waals surface area contributed by atoms with Crippen molar-refractivity contribution in [3.63, 3.8) is 0 Å². The number of carbonyl (C=O) groups is 1. The van der Waals surface area contributed by atoms with Crippen molar-refractivity contribution >= 4 is 11.6 Å². The van der Waals surface area contributed by atoms with E-state index in [1.165, 1.54) is 18.4 Å². The van der Waals surface area contributed by atoms with Crippen LogP contribution in [0.3, 0.4) is 0 Å². The fourth-order valence-electron chi connectivity index (χ4n) is 4.15. The van der Waals surface area contributed by atoms with Crippen LogP contribution < -0.4 is 5.32 Å². The average Bonchev–Trinajstić information content (AvgIpc) is 3.42. The molecule has 5 nitrogen and oxygen atoms in total. The molecule has 0 unspecified atom stereocenters. The Labute approximate surface area is 187 Å². The van der Waals surface area contributed by atoms with Gasteiger partial charge in [0, 0.05) is 30.5 Å². The standard InChI is InChI=1S/C26H38N4O/c1-7-9-20(17-24(31)27-22-14-11-18(2)16-19(22)3)25-29-28-23(30(25)21-12-13-21)10-8-15-26(4,5)6/h7,11,14,16,20-21H,1,8-10,12-13,15,17H2,2-6H3,(H,27,31)/t20-/m1/s1. The highest BCUT2D eigenvalue weighted by Crippen LogP contribution is 2.39. The van der Waals surface area contributed by atoms with E-state index < -0.39 is 0 Å². The van der Waals surface area contributed by atoms with Crippen LogP contribution in [0.1, 0.15) is 94.0 Å². The summed E-state index contributed by atoms with van der Waals surface area (Å²) in [5.41, 5.74) is 3.47. The number of hydrogen-bond donors (Lipinski definition) is 1. The van der Waals surface area contributed by atoms with Crippen LogP contribution in [0.15, 0.2) is 30.9 Å². The number of nitrogens with zero attached hydrogens (tertiary/aromatic N) is 3. The maximum absolute atomic E-state index is 12.9. The number of benzene rings is 1. The van der Waals surface area contributed by atoms with Gasteiger partial charge in [-0.25, -0.2) is 0 Å². The number of aromatic nitrogens is 3. The molecule has 5 heteroatoms. The Morgan fingerprint density at radius 3 is 2.65 bits per heavy atom. The SMILES string of the molecule is C=CC[C@H](CC(=O)Nc1ccc(C)cc1C)c1nnc(CCCC(C)(C)C)n1C1CC1. The van der Waals surface area contributed by atoms with Gasteiger partial charge in [0.15, 0.2) is 0 Å². The van der Waals surface area contributed by atoms with Crippen LogP contribution in [0.5, 0.6) is 0 Å². The molecule has 1 aliphatic carbocycles. The molecular formula is C26H38N4O. The van der Waals surface area contributed by atoms with Crippen LogP contribution >= 0.6 is 0 Å². The summed E-state index contributed by atoms with van der Waals surface area (Å²) in [6.07, 6.45) is 8.54. The number of hydrogen-bond acceptors (Lipinski definition) is 3. The smallest absolute Gasteiger partial charge is 0.225 e. The van der Waals surface area contributed by atoms with Gasteiger partial charge in [-0.15, -0.1) is 16.8 Å². The summed E-state index contributed by atoms with van der Waals surface area (Å²) in [5.74, 6) is 2.03. The second-order valence-electron chi connectivity index (χ2n) is 10.3. The molecule has 1 atom stereocenters. The maximum Gasteiger partial charge on any atom is 0.225 e. The van der Waals surface area contributed by atoms with Crippen molar-refractivity contribution in [1.82, 2.24) is 14.8 Å². The molecule has 1 aromatic carbocycles. The lowest BCUT2D eigenvalue weighted by Crippen LogP contribution is -2.19. The number of anilines is 1. The molecule has 0 aliphatic heterocycles. The molecule has 1 heterocycles. The Hall–Kier alpha value is -2.43. The summed E-state index contributed by atoms with van der Waals surface area (Å²) in [5, 5.41) is 12.2. The van der Waals surface area contributed by atoms with Gasteiger partial charge in [-0.05, 0) is 63.0 Å². The van der Waals surface area contributed by atoms with Crippen LogP contribution in [0.2, 0.25) is 0 Å². The number of amides is 1. The Kier molecular flexibility index (Phi) is 7.34. The zero-order valence-electron chi connectivity index (χ0n) is 19.9. The normalized spacial score (nSPS) is 15.0. The van der Waals surface area contributed by atoms with Gasteiger partial charge >= 0.3 is 0 Å². The van der Waals surface area contributed by atoms with Gasteiger partial charge in [0.1, 0.15) is 11.6 Å². The van der Waals surface area contributed by atoms with Crippen molar-refractivity contribution in [1.29, 1.82) is 0 Å². The van der Waals surface area contributed by atoms with Gasteiger partial charge in [0.05, 0.1) is 0 Å². The van der Waals surface area contributed by atoms with Gasteiger partial charge in [-0.2, -0.15) is 0 Å². The molecule has 1 fully saturated rings. The van der Waals surface area contributed by atoms with E-state index in [4.69, 9.17) is 0 Å². The second kappa shape index (κ2) is 9.80. The molecule has 0 radical (unpaired) electrons. The van der Waals surface area contributed by atoms with E-state index in [1.807, 2.05) is 25.1 Å². The van der Waals surface area contributed by atoms with Crippen molar-refractivity contribution in [2.75, 3.05) is 5.32 Å². The average molecular weight is 423 g/mol. The molecule has 1 aromatic heterocycles. The highest BCUT2D eigenvalue weighted by Gasteiger charge is 2.32. The number of rotatable bonds is 10. The minimum atomic E-state index is -0.00674. The van der Waals surface area contributed by atoms with Crippen LogP contribution in [-0.2, 0) is 11.2 Å². The first-order chi connectivity index (χ1) is 14.7. The summed E-state index contributed by atoms with van der Waals surface area (Å²) >= 11 is 0. The minimum absolute atomic E-state index is 0.00674. The Balaban J connectivity index is 1.74. The van der Waals surface area contributed by atoms with Crippen molar-refractivity contribution < 1.29 is 4.79 Å². The summed E-state index contributed by atoms with van der Waals surface area (Å²) in [4.78, 5) is 12.9. The first kappa shape index (κ1) is 23.2. The van der Waals surface area contributed by atoms with E-state index in [0.717, 1.165) is 42.2 Å². The van der Waals surface area contributed by atoms with E-state index in [1.54, 1.807) is 0 Å². The summed E-state index contributed by atoms with van der Waals surface area (Å²) in [6, 6.07) is 6.58. The lowest BCUT2D eigenvalue weighted by Gasteiger charge is -2.19. The Morgan fingerprint density at radius 1 is 1.29 bits per heavy atom. The fraction of sp³-hybridized carbons (Fsp3) is 0.577. The van der Waals surface area contributed by atoms with Crippen molar-refractivity contribution in [2.24, 2.45) is 5.41 Å². The van der Waals surface area contributed by atoms with E-state index in [-0.39, 0.29) is 11.8 Å². The van der Waals surface area contributed by atoms with Gasteiger partial charge in [0.25, 0.3) is 0 Å². The van der Waals surface area contributed by atoms with Crippen LogP contribution in [0.25, 0.3) is 0 Å². The minimum Gasteiger partial charge on any atom is -0.326 e. The monoisotopic (exact) mass is 422 g/mol. The predicted molar refractivity (Wildman–Crippen MR) is 127 cm³/mol. The molecule has 1 N–H and O–H groups in total. The summed E-state index contributed by atoms with van der Waals surface area (Å²) in [6.45, 7) is 14.8. The van der Waals surface area contributed by atoms with E-state index >= 15 is 0 Å². The lowest BCUT2D eigenvalue weighted by molar-refractivity contribution is -0.116. The van der Waals surface area contributed by atoms with Gasteiger partial charge in [-0.3, -0.25) is 4.79 Å². The maximum atomic E-state index is 12.9. The highest BCUT2D eigenvalue weighted by molar-refractivity contribution is 5.92. The van der Waals surface area contributed by atoms with Crippen LogP contribution in [0.4, 0.5) is 5.69 Å². The third-order valence-corrected chi connectivity index (χ3v) is 5.94. The van der Waals surface area contributed by atoms with Crippen molar-refractivity contribution in [3.8, 4) is 0 Å². The van der Waals surface area contributed by atoms with Crippen LogP contribution in [-0.4, -0.2) is 20.7 Å². The largest absolute Gasteiger partial charge is 0.326 e. The van der Waals surface area contributed by atoms with Crippen molar-refractivity contribution in [2.45, 2.75) is 91.5 Å². The third kappa shape index (κ3) is 6.52. The highest BCUT2D eigenvalue weighted by atomic mass is 16.1. The van der Waals surface area contributed by atoms with Gasteiger partial charge in [0.2, 0.25) is 5.91 Å². The second-order valence-corrected chi connectivity index (χ2v) is 10.3. The Morgan fingerprint density at radius 2 is 2.03 bits per heavy atom. The molecule has 1 amide bonds. The van der Waals surface area contributed by atoms with Gasteiger partial charge in [-0.1, -0.05) is 44.5 Å². The molecule has 1 saturated carbocycles. The first-order valence-electron chi connectivity index (χ1n) is 11.6. The molecule has 2 aromatic rings. The Bertz CT molecular complexity index is 918. The third-order valence-electron chi connectivity index (χ3n) is 5.94. The number of aryl methyl sites for hydroxylation is 3. The topological polar surface area (TPSA) is 59.8 Å². The van der Waals surface area contributed by atoms with E-state index in [9.17, 15) is 4.79 Å². The van der Waals surface area contributed by atoms with Crippen LogP contribution in [0, 0.1) is 19.3 Å². The zero-order valence-corrected chi connectivity index (χ0v) is 19.9. The molecule has 1 aliphatic rings. The van der Waals surface area contributed by atoms with Crippen molar-refractivity contribution in [3.05, 3.63) is 53.6 Å². The first-order valence-corrected chi connectivity index (χ1v) is 11.6. The fourth-order valence-corrected chi connectivity index (χ4v) is 4.15. The zero-order chi connectivity index (χ0) is 22.6. The van der Waals surface area contributed by atoms with E-state index in [0.29, 0.717) is 24.3 Å². The number of carbonyl (C=O) groups excluding carboxylic acids is 1. The number of nitrogens with one attached hydrogen (secondary N) is 1. The molecule has 0 saturated heterocycles. The number of allylic oxidation sites excluding steroid dienone is 1. The molecule has 0 spiro atoms. The molecular weight excluding hydrogens is 384 g/mol. The molecule has 31 heavy (non-hydrogen) atoms. The summed E-state index contributed by atoms with van der Waals surface area (Å²) in [7, 11) is 0.